The van der Waals surface area contributed by atoms with Crippen molar-refractivity contribution >= 4 is 34.5 Å². The van der Waals surface area contributed by atoms with Crippen LogP contribution in [0.5, 0.6) is 5.75 Å². The summed E-state index contributed by atoms with van der Waals surface area (Å²) in [5, 5.41) is 16.5. The number of aliphatic hydroxyl groups is 1. The van der Waals surface area contributed by atoms with Gasteiger partial charge in [0.15, 0.2) is 17.1 Å². The van der Waals surface area contributed by atoms with Crippen LogP contribution in [0.1, 0.15) is 35.9 Å². The van der Waals surface area contributed by atoms with E-state index in [4.69, 9.17) is 14.9 Å². The van der Waals surface area contributed by atoms with Gasteiger partial charge in [0.1, 0.15) is 11.3 Å². The predicted molar refractivity (Wildman–Crippen MR) is 132 cm³/mol. The second-order valence-corrected chi connectivity index (χ2v) is 9.72. The number of ether oxygens (including phenoxy) is 1. The average Bonchev–Trinajstić information content (AvgIpc) is 3.42. The Morgan fingerprint density at radius 1 is 1.31 bits per heavy atom. The quantitative estimate of drug-likeness (QED) is 0.316. The van der Waals surface area contributed by atoms with E-state index in [1.54, 1.807) is 36.4 Å². The van der Waals surface area contributed by atoms with Crippen molar-refractivity contribution in [1.29, 1.82) is 0 Å². The van der Waals surface area contributed by atoms with Crippen molar-refractivity contribution < 1.29 is 19.1 Å². The third-order valence-corrected chi connectivity index (χ3v) is 5.97. The minimum atomic E-state index is -0.661. The van der Waals surface area contributed by atoms with Crippen LogP contribution in [0.4, 0.5) is 17.5 Å². The number of nitrogens with two attached hydrogens (primary N) is 1. The van der Waals surface area contributed by atoms with Crippen LogP contribution >= 0.6 is 0 Å². The van der Waals surface area contributed by atoms with E-state index in [0.29, 0.717) is 48.4 Å². The predicted octanol–water partition coefficient (Wildman–Crippen LogP) is 2.19. The molecule has 1 aromatic carbocycles. The number of aliphatic hydroxyl groups excluding tert-OH is 1. The Labute approximate surface area is 207 Å². The minimum absolute atomic E-state index is 0.0346. The normalized spacial score (nSPS) is 14.2. The van der Waals surface area contributed by atoms with Gasteiger partial charge in [-0.1, -0.05) is 13.8 Å². The number of fused-ring (bicyclic) bond motifs is 1. The number of hydrogen-bond donors (Lipinski definition) is 3. The van der Waals surface area contributed by atoms with Crippen LogP contribution in [-0.2, 0) is 7.05 Å². The van der Waals surface area contributed by atoms with Gasteiger partial charge in [0, 0.05) is 43.7 Å². The summed E-state index contributed by atoms with van der Waals surface area (Å²) in [5.74, 6) is 0.334. The third kappa shape index (κ3) is 4.80. The first-order valence-corrected chi connectivity index (χ1v) is 11.5. The third-order valence-electron chi connectivity index (χ3n) is 5.97. The van der Waals surface area contributed by atoms with Crippen LogP contribution in [0.25, 0.3) is 11.1 Å². The summed E-state index contributed by atoms with van der Waals surface area (Å²) in [6, 6.07) is 5.99. The molecule has 5 rings (SSSR count). The number of carbonyl (C=O) groups is 1. The zero-order valence-electron chi connectivity index (χ0n) is 20.3. The van der Waals surface area contributed by atoms with Crippen LogP contribution < -0.4 is 20.7 Å². The SMILES string of the molecule is Cn1cc(Nc2ncc(C3CN(c4nc5ccc(OCC(C)(C)CO)cc5o4)C3)nc2C(N)=O)cn1. The molecule has 36 heavy (non-hydrogen) atoms. The number of anilines is 3. The molecule has 0 bridgehead atoms. The van der Waals surface area contributed by atoms with Gasteiger partial charge in [0.25, 0.3) is 11.9 Å². The number of aryl methyl sites for hydroxylation is 1. The lowest BCUT2D eigenvalue weighted by Crippen LogP contribution is -2.45. The maximum atomic E-state index is 12.0. The van der Waals surface area contributed by atoms with Gasteiger partial charge in [0.05, 0.1) is 37.0 Å². The summed E-state index contributed by atoms with van der Waals surface area (Å²) < 4.78 is 13.4. The van der Waals surface area contributed by atoms with Gasteiger partial charge in [-0.3, -0.25) is 9.48 Å². The smallest absolute Gasteiger partial charge is 0.298 e. The Balaban J connectivity index is 1.26. The lowest BCUT2D eigenvalue weighted by atomic mass is 9.96. The lowest BCUT2D eigenvalue weighted by Gasteiger charge is -2.37. The van der Waals surface area contributed by atoms with Gasteiger partial charge in [-0.05, 0) is 12.1 Å². The molecule has 12 heteroatoms. The number of nitrogens with zero attached hydrogens (tertiary/aromatic N) is 6. The van der Waals surface area contributed by atoms with Crippen molar-refractivity contribution in [3.63, 3.8) is 0 Å². The molecule has 4 N–H and O–H groups in total. The fourth-order valence-electron chi connectivity index (χ4n) is 3.75. The maximum absolute atomic E-state index is 12.0. The van der Waals surface area contributed by atoms with Gasteiger partial charge >= 0.3 is 0 Å². The van der Waals surface area contributed by atoms with Crippen molar-refractivity contribution in [3.8, 4) is 5.75 Å². The summed E-state index contributed by atoms with van der Waals surface area (Å²) in [5.41, 5.74) is 8.01. The second kappa shape index (κ2) is 9.11. The standard InChI is InChI=1S/C24H28N8O4/c1-24(2,12-33)13-35-16-4-5-17-19(6-16)36-23(30-17)32-9-14(10-32)18-8-26-22(20(29-18)21(25)34)28-15-7-27-31(3)11-15/h4-8,11,14,33H,9-10,12-13H2,1-3H3,(H2,25,34)(H,26,28). The Bertz CT molecular complexity index is 1410. The van der Waals surface area contributed by atoms with Crippen molar-refractivity contribution in [3.05, 3.63) is 48.2 Å². The lowest BCUT2D eigenvalue weighted by molar-refractivity contribution is 0.0976. The molecule has 12 nitrogen and oxygen atoms in total. The van der Waals surface area contributed by atoms with E-state index in [9.17, 15) is 9.90 Å². The fraction of sp³-hybridized carbons (Fsp3) is 0.375. The van der Waals surface area contributed by atoms with Crippen LogP contribution in [0, 0.1) is 5.41 Å². The highest BCUT2D eigenvalue weighted by Gasteiger charge is 2.33. The molecule has 0 spiro atoms. The van der Waals surface area contributed by atoms with Crippen LogP contribution in [0.15, 0.2) is 41.2 Å². The van der Waals surface area contributed by atoms with E-state index in [2.05, 4.69) is 25.4 Å². The molecular formula is C24H28N8O4. The number of benzene rings is 1. The van der Waals surface area contributed by atoms with Crippen molar-refractivity contribution in [1.82, 2.24) is 24.7 Å². The highest BCUT2D eigenvalue weighted by molar-refractivity contribution is 5.96. The second-order valence-electron chi connectivity index (χ2n) is 9.72. The molecule has 0 radical (unpaired) electrons. The topological polar surface area (TPSA) is 157 Å². The summed E-state index contributed by atoms with van der Waals surface area (Å²) in [4.78, 5) is 27.5. The first-order chi connectivity index (χ1) is 17.2. The van der Waals surface area contributed by atoms with Crippen molar-refractivity contribution in [2.24, 2.45) is 18.2 Å². The average molecular weight is 493 g/mol. The van der Waals surface area contributed by atoms with E-state index in [1.807, 2.05) is 30.9 Å². The first kappa shape index (κ1) is 23.5. The van der Waals surface area contributed by atoms with Gasteiger partial charge in [-0.25, -0.2) is 9.97 Å². The monoisotopic (exact) mass is 492 g/mol. The molecule has 188 valence electrons. The highest BCUT2D eigenvalue weighted by atomic mass is 16.5. The van der Waals surface area contributed by atoms with Crippen molar-refractivity contribution in [2.75, 3.05) is 36.5 Å². The summed E-state index contributed by atoms with van der Waals surface area (Å²) in [7, 11) is 1.79. The molecule has 1 fully saturated rings. The number of amides is 1. The van der Waals surface area contributed by atoms with Crippen LogP contribution in [0.3, 0.4) is 0 Å². The molecule has 4 heterocycles. The number of aromatic nitrogens is 5. The van der Waals surface area contributed by atoms with Gasteiger partial charge in [-0.2, -0.15) is 10.1 Å². The number of oxazole rings is 1. The van der Waals surface area contributed by atoms with E-state index in [0.717, 1.165) is 5.52 Å². The number of hydrogen-bond acceptors (Lipinski definition) is 10. The summed E-state index contributed by atoms with van der Waals surface area (Å²) in [6.07, 6.45) is 5.03. The minimum Gasteiger partial charge on any atom is -0.493 e. The van der Waals surface area contributed by atoms with Gasteiger partial charge in [0.2, 0.25) is 0 Å². The van der Waals surface area contributed by atoms with E-state index in [1.165, 1.54) is 0 Å². The molecule has 1 aliphatic rings. The Morgan fingerprint density at radius 2 is 2.11 bits per heavy atom. The largest absolute Gasteiger partial charge is 0.493 e. The van der Waals surface area contributed by atoms with Crippen molar-refractivity contribution in [2.45, 2.75) is 19.8 Å². The Kier molecular flexibility index (Phi) is 5.96. The fourth-order valence-corrected chi connectivity index (χ4v) is 3.75. The molecule has 1 amide bonds. The first-order valence-electron chi connectivity index (χ1n) is 11.5. The Hall–Kier alpha value is -4.19. The number of nitrogens with one attached hydrogen (secondary N) is 1. The number of carbonyl (C=O) groups excluding carboxylic acids is 1. The zero-order chi connectivity index (χ0) is 25.4. The molecule has 1 aliphatic heterocycles. The Morgan fingerprint density at radius 3 is 2.81 bits per heavy atom. The van der Waals surface area contributed by atoms with E-state index >= 15 is 0 Å². The molecule has 0 unspecified atom stereocenters. The molecule has 0 aliphatic carbocycles. The summed E-state index contributed by atoms with van der Waals surface area (Å²) in [6.45, 7) is 5.51. The molecule has 4 aromatic rings. The van der Waals surface area contributed by atoms with Gasteiger partial charge < -0.3 is 30.2 Å². The number of primary amides is 1. The highest BCUT2D eigenvalue weighted by Crippen LogP contribution is 2.34. The molecule has 3 aromatic heterocycles. The van der Waals surface area contributed by atoms with Crippen LogP contribution in [0.2, 0.25) is 0 Å². The summed E-state index contributed by atoms with van der Waals surface area (Å²) >= 11 is 0. The van der Waals surface area contributed by atoms with Crippen LogP contribution in [-0.4, -0.2) is 62.0 Å². The molecule has 0 atom stereocenters. The number of rotatable bonds is 9. The molecular weight excluding hydrogens is 464 g/mol. The maximum Gasteiger partial charge on any atom is 0.298 e. The molecule has 0 saturated carbocycles. The zero-order valence-corrected chi connectivity index (χ0v) is 20.3. The van der Waals surface area contributed by atoms with E-state index < -0.39 is 5.91 Å². The van der Waals surface area contributed by atoms with E-state index in [-0.39, 0.29) is 29.5 Å². The molecule has 1 saturated heterocycles. The van der Waals surface area contributed by atoms with Gasteiger partial charge in [-0.15, -0.1) is 0 Å².